The van der Waals surface area contributed by atoms with Crippen molar-refractivity contribution in [1.29, 1.82) is 0 Å². The third-order valence-electron chi connectivity index (χ3n) is 11.6. The van der Waals surface area contributed by atoms with Crippen LogP contribution in [0.5, 0.6) is 0 Å². The molecular formula is C55H38N2. The molecule has 1 aromatic heterocycles. The van der Waals surface area contributed by atoms with Crippen LogP contribution in [-0.4, -0.2) is 4.57 Å². The fourth-order valence-electron chi connectivity index (χ4n) is 9.14. The molecule has 2 heteroatoms. The zero-order valence-electron chi connectivity index (χ0n) is 35.9. The fourth-order valence-corrected chi connectivity index (χ4v) is 9.14. The number of hydrogen-bond donors (Lipinski definition) is 0. The van der Waals surface area contributed by atoms with Gasteiger partial charge in [0.05, 0.1) is 23.3 Å². The Labute approximate surface area is 340 Å². The minimum Gasteiger partial charge on any atom is -0.310 e. The summed E-state index contributed by atoms with van der Waals surface area (Å²) in [5.74, 6) is 0. The zero-order valence-corrected chi connectivity index (χ0v) is 30.9. The van der Waals surface area contributed by atoms with Crippen molar-refractivity contribution in [2.24, 2.45) is 0 Å². The molecule has 0 aliphatic heterocycles. The highest BCUT2D eigenvalue weighted by Gasteiger charge is 2.46. The normalized spacial score (nSPS) is 13.9. The maximum Gasteiger partial charge on any atom is 0.0714 e. The second-order valence-electron chi connectivity index (χ2n) is 14.5. The SMILES string of the molecule is [2H]c1c([2H])c([2H])c(N(c2ccc(-c3ccccc3)cc2)c2ccc3c(c2)c2ccc(C4(c5ccccc5)c5ccccc5-c5ccccc54)cc2n3-c2ccccc2)c([2H])c1[2H]. The lowest BCUT2D eigenvalue weighted by Gasteiger charge is -2.34. The van der Waals surface area contributed by atoms with Crippen molar-refractivity contribution in [2.75, 3.05) is 4.90 Å². The predicted octanol–water partition coefficient (Wildman–Crippen LogP) is 14.3. The number of hydrogen-bond acceptors (Lipinski definition) is 1. The Morgan fingerprint density at radius 2 is 0.982 bits per heavy atom. The number of anilines is 3. The van der Waals surface area contributed by atoms with E-state index >= 15 is 0 Å². The van der Waals surface area contributed by atoms with Gasteiger partial charge < -0.3 is 9.47 Å². The van der Waals surface area contributed by atoms with Crippen LogP contribution in [0, 0.1) is 0 Å². The van der Waals surface area contributed by atoms with Gasteiger partial charge >= 0.3 is 0 Å². The molecule has 0 N–H and O–H groups in total. The van der Waals surface area contributed by atoms with Crippen molar-refractivity contribution >= 4 is 38.9 Å². The first-order valence-corrected chi connectivity index (χ1v) is 19.3. The van der Waals surface area contributed by atoms with E-state index in [-0.39, 0.29) is 29.9 Å². The number of para-hydroxylation sites is 2. The van der Waals surface area contributed by atoms with E-state index in [0.717, 1.165) is 44.2 Å². The molecule has 1 aliphatic rings. The lowest BCUT2D eigenvalue weighted by atomic mass is 9.67. The molecule has 0 radical (unpaired) electrons. The van der Waals surface area contributed by atoms with Crippen molar-refractivity contribution in [2.45, 2.75) is 5.41 Å². The van der Waals surface area contributed by atoms with Crippen LogP contribution in [0.15, 0.2) is 230 Å². The van der Waals surface area contributed by atoms with Crippen molar-refractivity contribution in [3.05, 3.63) is 253 Å². The van der Waals surface area contributed by atoms with Gasteiger partial charge in [-0.3, -0.25) is 0 Å². The second-order valence-corrected chi connectivity index (χ2v) is 14.5. The van der Waals surface area contributed by atoms with Crippen LogP contribution in [0.4, 0.5) is 17.1 Å². The van der Waals surface area contributed by atoms with Crippen LogP contribution in [-0.2, 0) is 5.41 Å². The quantitative estimate of drug-likeness (QED) is 0.158. The Morgan fingerprint density at radius 3 is 1.67 bits per heavy atom. The first kappa shape index (κ1) is 28.1. The highest BCUT2D eigenvalue weighted by atomic mass is 15.1. The van der Waals surface area contributed by atoms with Gasteiger partial charge in [-0.1, -0.05) is 170 Å². The summed E-state index contributed by atoms with van der Waals surface area (Å²) in [6.07, 6.45) is 0. The predicted molar refractivity (Wildman–Crippen MR) is 238 cm³/mol. The van der Waals surface area contributed by atoms with Gasteiger partial charge in [-0.2, -0.15) is 0 Å². The Bertz CT molecular complexity index is 3270. The maximum absolute atomic E-state index is 9.13. The van der Waals surface area contributed by atoms with Gasteiger partial charge in [0.2, 0.25) is 0 Å². The molecule has 11 rings (SSSR count). The Balaban J connectivity index is 1.18. The maximum atomic E-state index is 9.13. The van der Waals surface area contributed by atoms with Crippen LogP contribution in [0.2, 0.25) is 0 Å². The van der Waals surface area contributed by atoms with Gasteiger partial charge in [0.15, 0.2) is 0 Å². The first-order chi connectivity index (χ1) is 30.4. The largest absolute Gasteiger partial charge is 0.310 e. The van der Waals surface area contributed by atoms with E-state index in [1.807, 2.05) is 54.6 Å². The lowest BCUT2D eigenvalue weighted by Crippen LogP contribution is -2.28. The summed E-state index contributed by atoms with van der Waals surface area (Å²) < 4.78 is 46.3. The van der Waals surface area contributed by atoms with E-state index in [1.165, 1.54) is 27.8 Å². The van der Waals surface area contributed by atoms with Crippen molar-refractivity contribution in [1.82, 2.24) is 4.57 Å². The average Bonchev–Trinajstić information content (AvgIpc) is 3.82. The zero-order chi connectivity index (χ0) is 42.1. The molecule has 9 aromatic carbocycles. The standard InChI is InChI=1S/C55H38N2/c1-5-17-39(18-6-1)40-29-32-45(33-30-40)56(43-21-9-3-10-22-43)46-34-36-53-50(38-46)49-35-31-42(37-54(49)57(53)44-23-11-4-12-24-44)55(41-19-7-2-8-20-41)51-27-15-13-25-47(51)48-26-14-16-28-52(48)55/h1-38H/i3D,9D,10D,21D,22D. The first-order valence-electron chi connectivity index (χ1n) is 21.8. The van der Waals surface area contributed by atoms with E-state index < -0.39 is 11.5 Å². The minimum atomic E-state index is -0.588. The third kappa shape index (κ3) is 5.18. The molecule has 0 bridgehead atoms. The monoisotopic (exact) mass is 731 g/mol. The molecule has 0 saturated carbocycles. The van der Waals surface area contributed by atoms with Crippen LogP contribution in [0.3, 0.4) is 0 Å². The molecule has 0 spiro atoms. The minimum absolute atomic E-state index is 0.0836. The Morgan fingerprint density at radius 1 is 0.404 bits per heavy atom. The summed E-state index contributed by atoms with van der Waals surface area (Å²) in [5, 5.41) is 1.99. The average molecular weight is 732 g/mol. The van der Waals surface area contributed by atoms with Crippen molar-refractivity contribution < 1.29 is 6.85 Å². The van der Waals surface area contributed by atoms with Gasteiger partial charge in [-0.05, 0) is 105 Å². The van der Waals surface area contributed by atoms with E-state index in [9.17, 15) is 0 Å². The van der Waals surface area contributed by atoms with Gasteiger partial charge in [0.25, 0.3) is 0 Å². The summed E-state index contributed by atoms with van der Waals surface area (Å²) >= 11 is 0. The number of nitrogens with zero attached hydrogens (tertiary/aromatic N) is 2. The van der Waals surface area contributed by atoms with Gasteiger partial charge in [0, 0.05) is 33.5 Å². The molecular weight excluding hydrogens is 689 g/mol. The van der Waals surface area contributed by atoms with Gasteiger partial charge in [-0.15, -0.1) is 0 Å². The Kier molecular flexibility index (Phi) is 6.60. The molecule has 0 atom stereocenters. The van der Waals surface area contributed by atoms with E-state index in [2.05, 4.69) is 150 Å². The molecule has 57 heavy (non-hydrogen) atoms. The highest BCUT2D eigenvalue weighted by Crippen LogP contribution is 2.56. The topological polar surface area (TPSA) is 8.17 Å². The Hall–Kier alpha value is -7.42. The molecule has 1 aliphatic carbocycles. The van der Waals surface area contributed by atoms with Gasteiger partial charge in [0.1, 0.15) is 0 Å². The summed E-state index contributed by atoms with van der Waals surface area (Å²) in [5.41, 5.74) is 13.2. The van der Waals surface area contributed by atoms with Gasteiger partial charge in [-0.25, -0.2) is 0 Å². The molecule has 268 valence electrons. The molecule has 0 amide bonds. The van der Waals surface area contributed by atoms with E-state index in [1.54, 1.807) is 4.90 Å². The number of rotatable bonds is 7. The number of benzene rings is 9. The number of fused-ring (bicyclic) bond motifs is 6. The van der Waals surface area contributed by atoms with E-state index in [4.69, 9.17) is 6.85 Å². The molecule has 0 saturated heterocycles. The van der Waals surface area contributed by atoms with Crippen molar-refractivity contribution in [3.8, 4) is 27.9 Å². The summed E-state index contributed by atoms with van der Waals surface area (Å²) in [7, 11) is 0. The lowest BCUT2D eigenvalue weighted by molar-refractivity contribution is 0.769. The third-order valence-corrected chi connectivity index (χ3v) is 11.6. The van der Waals surface area contributed by atoms with Crippen LogP contribution in [0.25, 0.3) is 49.7 Å². The molecule has 10 aromatic rings. The second kappa shape index (κ2) is 13.4. The molecule has 1 heterocycles. The molecule has 0 fully saturated rings. The smallest absolute Gasteiger partial charge is 0.0714 e. The van der Waals surface area contributed by atoms with Crippen LogP contribution < -0.4 is 4.90 Å². The van der Waals surface area contributed by atoms with Crippen molar-refractivity contribution in [3.63, 3.8) is 0 Å². The van der Waals surface area contributed by atoms with Crippen LogP contribution >= 0.6 is 0 Å². The molecule has 0 unspecified atom stereocenters. The number of aromatic nitrogens is 1. The summed E-state index contributed by atoms with van der Waals surface area (Å²) in [6, 6.07) is 68.0. The fraction of sp³-hybridized carbons (Fsp3) is 0.0182. The van der Waals surface area contributed by atoms with Crippen LogP contribution in [0.1, 0.15) is 29.1 Å². The highest BCUT2D eigenvalue weighted by molar-refractivity contribution is 6.11. The van der Waals surface area contributed by atoms with E-state index in [0.29, 0.717) is 11.4 Å². The molecule has 2 nitrogen and oxygen atoms in total. The summed E-state index contributed by atoms with van der Waals surface area (Å²) in [4.78, 5) is 1.80. The summed E-state index contributed by atoms with van der Waals surface area (Å²) in [6.45, 7) is 0.